The third-order valence-corrected chi connectivity index (χ3v) is 1.84. The number of esters is 1. The van der Waals surface area contributed by atoms with E-state index in [9.17, 15) is 4.79 Å². The molecule has 0 aliphatic rings. The van der Waals surface area contributed by atoms with Gasteiger partial charge < -0.3 is 4.74 Å². The minimum absolute atomic E-state index is 0.359. The number of hydrogen-bond acceptors (Lipinski definition) is 2. The van der Waals surface area contributed by atoms with Crippen LogP contribution in [-0.2, 0) is 9.53 Å². The van der Waals surface area contributed by atoms with Crippen molar-refractivity contribution in [2.75, 3.05) is 6.61 Å². The zero-order chi connectivity index (χ0) is 15.8. The molecule has 0 N–H and O–H groups in total. The van der Waals surface area contributed by atoms with Crippen molar-refractivity contribution in [2.45, 2.75) is 13.8 Å². The van der Waals surface area contributed by atoms with Crippen LogP contribution in [-0.4, -0.2) is 12.6 Å². The summed E-state index contributed by atoms with van der Waals surface area (Å²) in [6, 6.07) is 10.0. The minimum Gasteiger partial charge on any atom is -0.463 e. The lowest BCUT2D eigenvalue weighted by Crippen LogP contribution is -1.97. The number of benzene rings is 1. The maximum absolute atomic E-state index is 10.1. The zero-order valence-corrected chi connectivity index (χ0v) is 12.5. The van der Waals surface area contributed by atoms with Crippen LogP contribution in [0.25, 0.3) is 6.08 Å². The molecule has 0 aromatic heterocycles. The number of carbonyl (C=O) groups excluding carboxylic acids is 1. The molecule has 2 nitrogen and oxygen atoms in total. The van der Waals surface area contributed by atoms with Gasteiger partial charge in [-0.15, -0.1) is 0 Å². The van der Waals surface area contributed by atoms with Crippen LogP contribution < -0.4 is 0 Å². The van der Waals surface area contributed by atoms with Crippen molar-refractivity contribution in [1.82, 2.24) is 0 Å². The van der Waals surface area contributed by atoms with Crippen LogP contribution in [0, 0.1) is 0 Å². The second-order valence-electron chi connectivity index (χ2n) is 3.62. The summed E-state index contributed by atoms with van der Waals surface area (Å²) in [7, 11) is 0. The predicted octanol–water partition coefficient (Wildman–Crippen LogP) is 4.81. The van der Waals surface area contributed by atoms with E-state index in [2.05, 4.69) is 31.1 Å². The normalized spacial score (nSPS) is 7.70. The second kappa shape index (κ2) is 14.7. The van der Waals surface area contributed by atoms with Crippen LogP contribution >= 0.6 is 0 Å². The van der Waals surface area contributed by atoms with Gasteiger partial charge in [0.15, 0.2) is 0 Å². The Bertz CT molecular complexity index is 416. The molecule has 0 atom stereocenters. The lowest BCUT2D eigenvalue weighted by Gasteiger charge is -1.90. The molecule has 0 saturated carbocycles. The molecule has 0 saturated heterocycles. The molecule has 1 rings (SSSR count). The molecule has 0 unspecified atom stereocenters. The molecule has 0 radical (unpaired) electrons. The van der Waals surface area contributed by atoms with Crippen LogP contribution in [0.4, 0.5) is 0 Å². The number of ether oxygens (including phenoxy) is 1. The van der Waals surface area contributed by atoms with Crippen LogP contribution in [0.15, 0.2) is 74.4 Å². The van der Waals surface area contributed by atoms with E-state index >= 15 is 0 Å². The van der Waals surface area contributed by atoms with Gasteiger partial charge in [0.25, 0.3) is 0 Å². The number of rotatable bonds is 4. The molecule has 0 fully saturated rings. The van der Waals surface area contributed by atoms with Crippen molar-refractivity contribution in [2.24, 2.45) is 0 Å². The van der Waals surface area contributed by atoms with E-state index < -0.39 is 0 Å². The Morgan fingerprint density at radius 1 is 1.15 bits per heavy atom. The third-order valence-electron chi connectivity index (χ3n) is 1.84. The summed E-state index contributed by atoms with van der Waals surface area (Å²) in [5.41, 5.74) is 2.19. The number of allylic oxidation sites excluding steroid dienone is 2. The summed E-state index contributed by atoms with van der Waals surface area (Å²) in [4.78, 5) is 10.1. The number of hydrogen-bond donors (Lipinski definition) is 0. The van der Waals surface area contributed by atoms with Gasteiger partial charge in [-0.3, -0.25) is 0 Å². The third kappa shape index (κ3) is 15.7. The molecule has 0 heterocycles. The van der Waals surface area contributed by atoms with E-state index in [0.29, 0.717) is 6.61 Å². The molecule has 0 aliphatic heterocycles. The van der Waals surface area contributed by atoms with Crippen LogP contribution in [0.2, 0.25) is 0 Å². The van der Waals surface area contributed by atoms with Gasteiger partial charge in [-0.1, -0.05) is 74.4 Å². The van der Waals surface area contributed by atoms with Gasteiger partial charge in [0.1, 0.15) is 0 Å². The Morgan fingerprint density at radius 2 is 1.65 bits per heavy atom. The summed E-state index contributed by atoms with van der Waals surface area (Å²) in [5, 5.41) is 0. The molecule has 0 bridgehead atoms. The summed E-state index contributed by atoms with van der Waals surface area (Å²) in [6.07, 6.45) is 4.70. The van der Waals surface area contributed by atoms with Gasteiger partial charge in [0.05, 0.1) is 6.61 Å². The Kier molecular flexibility index (Phi) is 14.7. The van der Waals surface area contributed by atoms with Gasteiger partial charge in [-0.05, 0) is 19.4 Å². The van der Waals surface area contributed by atoms with Gasteiger partial charge >= 0.3 is 5.97 Å². The van der Waals surface area contributed by atoms with Crippen molar-refractivity contribution in [3.63, 3.8) is 0 Å². The van der Waals surface area contributed by atoms with Crippen molar-refractivity contribution in [3.8, 4) is 0 Å². The first-order valence-corrected chi connectivity index (χ1v) is 6.26. The lowest BCUT2D eigenvalue weighted by atomic mass is 10.2. The van der Waals surface area contributed by atoms with E-state index in [-0.39, 0.29) is 5.97 Å². The molecule has 2 heteroatoms. The molecular formula is C18H24O2. The Hall–Kier alpha value is -2.35. The topological polar surface area (TPSA) is 26.3 Å². The van der Waals surface area contributed by atoms with Gasteiger partial charge in [0.2, 0.25) is 0 Å². The number of carbonyl (C=O) groups is 1. The Morgan fingerprint density at radius 3 is 1.85 bits per heavy atom. The average Bonchev–Trinajstić information content (AvgIpc) is 2.49. The summed E-state index contributed by atoms with van der Waals surface area (Å²) in [6.45, 7) is 17.9. The molecule has 0 aliphatic carbocycles. The highest BCUT2D eigenvalue weighted by atomic mass is 16.5. The monoisotopic (exact) mass is 272 g/mol. The first-order chi connectivity index (χ1) is 9.51. The Balaban J connectivity index is 0. The smallest absolute Gasteiger partial charge is 0.330 e. The summed E-state index contributed by atoms with van der Waals surface area (Å²) < 4.78 is 4.43. The van der Waals surface area contributed by atoms with E-state index in [1.807, 2.05) is 43.3 Å². The van der Waals surface area contributed by atoms with E-state index in [4.69, 9.17) is 0 Å². The zero-order valence-electron chi connectivity index (χ0n) is 12.5. The average molecular weight is 272 g/mol. The van der Waals surface area contributed by atoms with Crippen molar-refractivity contribution in [3.05, 3.63) is 79.9 Å². The van der Waals surface area contributed by atoms with Gasteiger partial charge in [0, 0.05) is 6.08 Å². The fourth-order valence-electron chi connectivity index (χ4n) is 0.790. The molecule has 108 valence electrons. The maximum atomic E-state index is 10.1. The van der Waals surface area contributed by atoms with E-state index in [0.717, 1.165) is 11.6 Å². The lowest BCUT2D eigenvalue weighted by molar-refractivity contribution is -0.137. The van der Waals surface area contributed by atoms with Crippen LogP contribution in [0.5, 0.6) is 0 Å². The highest BCUT2D eigenvalue weighted by Gasteiger charge is 1.86. The van der Waals surface area contributed by atoms with Crippen molar-refractivity contribution in [1.29, 1.82) is 0 Å². The standard InChI is InChI=1S/C8H8.C5H8O2.C5H8/c1-2-8-6-4-3-5-7-8;1-3-5(6)7-4-2;1-4-5(2)3/h2-7H,1H2;3H,1,4H2,2H3;4H,1-2H2,3H3. The molecular weight excluding hydrogens is 248 g/mol. The van der Waals surface area contributed by atoms with Crippen LogP contribution in [0.1, 0.15) is 19.4 Å². The largest absolute Gasteiger partial charge is 0.463 e. The molecule has 20 heavy (non-hydrogen) atoms. The first kappa shape index (κ1) is 20.0. The minimum atomic E-state index is -0.359. The molecule has 0 spiro atoms. The van der Waals surface area contributed by atoms with Crippen molar-refractivity contribution >= 4 is 12.0 Å². The maximum Gasteiger partial charge on any atom is 0.330 e. The SMILES string of the molecule is C=CC(=C)C.C=CC(=O)OCC.C=Cc1ccccc1. The first-order valence-electron chi connectivity index (χ1n) is 6.26. The fourth-order valence-corrected chi connectivity index (χ4v) is 0.790. The summed E-state index contributed by atoms with van der Waals surface area (Å²) >= 11 is 0. The Labute approximate surface area is 122 Å². The molecule has 1 aromatic rings. The highest BCUT2D eigenvalue weighted by Crippen LogP contribution is 1.97. The summed E-state index contributed by atoms with van der Waals surface area (Å²) in [5.74, 6) is -0.359. The van der Waals surface area contributed by atoms with E-state index in [1.165, 1.54) is 5.56 Å². The van der Waals surface area contributed by atoms with E-state index in [1.54, 1.807) is 13.0 Å². The molecule has 1 aromatic carbocycles. The quantitative estimate of drug-likeness (QED) is 0.446. The van der Waals surface area contributed by atoms with Gasteiger partial charge in [-0.25, -0.2) is 4.79 Å². The predicted molar refractivity (Wildman–Crippen MR) is 88.4 cm³/mol. The van der Waals surface area contributed by atoms with Crippen LogP contribution in [0.3, 0.4) is 0 Å². The van der Waals surface area contributed by atoms with Crippen molar-refractivity contribution < 1.29 is 9.53 Å². The molecule has 0 amide bonds. The van der Waals surface area contributed by atoms with Gasteiger partial charge in [-0.2, -0.15) is 0 Å². The second-order valence-corrected chi connectivity index (χ2v) is 3.62. The highest BCUT2D eigenvalue weighted by molar-refractivity contribution is 5.81. The fraction of sp³-hybridized carbons (Fsp3) is 0.167.